The summed E-state index contributed by atoms with van der Waals surface area (Å²) in [5.74, 6) is 0.130. The fourth-order valence-electron chi connectivity index (χ4n) is 0.696. The summed E-state index contributed by atoms with van der Waals surface area (Å²) in [6.45, 7) is 4.05. The van der Waals surface area contributed by atoms with Crippen LogP contribution in [0.15, 0.2) is 0 Å². The lowest BCUT2D eigenvalue weighted by atomic mass is 10.6. The average molecular weight is 247 g/mol. The normalized spacial score (nSPS) is 11.0. The second-order valence-corrected chi connectivity index (χ2v) is 4.64. The van der Waals surface area contributed by atoms with Crippen molar-refractivity contribution in [3.05, 3.63) is 0 Å². The molecule has 0 saturated carbocycles. The third-order valence-corrected chi connectivity index (χ3v) is 2.89. The topological polar surface area (TPSA) is 67.4 Å². The first-order valence-electron chi connectivity index (χ1n) is 4.29. The Hall–Kier alpha value is 0.120. The van der Waals surface area contributed by atoms with Gasteiger partial charge in [-0.25, -0.2) is 13.1 Å². The summed E-state index contributed by atoms with van der Waals surface area (Å²) in [5, 5.41) is 3.03. The molecular weight excluding hydrogens is 228 g/mol. The number of methoxy groups -OCH3 is 1. The fourth-order valence-corrected chi connectivity index (χ4v) is 1.31. The maximum absolute atomic E-state index is 10.9. The quantitative estimate of drug-likeness (QED) is 0.571. The van der Waals surface area contributed by atoms with Crippen LogP contribution >= 0.6 is 12.4 Å². The van der Waals surface area contributed by atoms with Gasteiger partial charge < -0.3 is 10.1 Å². The van der Waals surface area contributed by atoms with Gasteiger partial charge in [-0.3, -0.25) is 0 Å². The predicted octanol–water partition coefficient (Wildman–Crippen LogP) is -0.416. The number of nitrogens with one attached hydrogen (secondary N) is 2. The molecule has 88 valence electrons. The molecule has 0 aliphatic heterocycles. The van der Waals surface area contributed by atoms with Crippen LogP contribution in [0.1, 0.15) is 6.92 Å². The Morgan fingerprint density at radius 1 is 1.21 bits per heavy atom. The number of ether oxygens (including phenoxy) is 1. The minimum Gasteiger partial charge on any atom is -0.383 e. The number of hydrogen-bond donors (Lipinski definition) is 2. The van der Waals surface area contributed by atoms with Crippen molar-refractivity contribution in [3.63, 3.8) is 0 Å². The van der Waals surface area contributed by atoms with Crippen molar-refractivity contribution in [2.75, 3.05) is 39.1 Å². The molecule has 0 heterocycles. The van der Waals surface area contributed by atoms with Crippen molar-refractivity contribution in [3.8, 4) is 0 Å². The van der Waals surface area contributed by atoms with Crippen LogP contribution in [-0.4, -0.2) is 47.5 Å². The van der Waals surface area contributed by atoms with Crippen molar-refractivity contribution in [2.45, 2.75) is 6.92 Å². The first-order valence-corrected chi connectivity index (χ1v) is 5.94. The zero-order chi connectivity index (χ0) is 10.2. The molecule has 0 rings (SSSR count). The van der Waals surface area contributed by atoms with E-state index in [0.29, 0.717) is 19.7 Å². The van der Waals surface area contributed by atoms with Crippen LogP contribution < -0.4 is 10.0 Å². The molecule has 0 aromatic rings. The molecule has 0 bridgehead atoms. The fraction of sp³-hybridized carbons (Fsp3) is 1.00. The van der Waals surface area contributed by atoms with Gasteiger partial charge in [0, 0.05) is 26.7 Å². The molecule has 0 atom stereocenters. The van der Waals surface area contributed by atoms with Crippen molar-refractivity contribution < 1.29 is 13.2 Å². The molecule has 5 nitrogen and oxygen atoms in total. The zero-order valence-corrected chi connectivity index (χ0v) is 10.2. The molecule has 0 saturated heterocycles. The average Bonchev–Trinajstić information content (AvgIpc) is 2.11. The summed E-state index contributed by atoms with van der Waals surface area (Å²) < 4.78 is 29.1. The monoisotopic (exact) mass is 246 g/mol. The molecule has 0 fully saturated rings. The molecule has 0 unspecified atom stereocenters. The summed E-state index contributed by atoms with van der Waals surface area (Å²) in [4.78, 5) is 0. The van der Waals surface area contributed by atoms with E-state index in [9.17, 15) is 8.42 Å². The minimum atomic E-state index is -3.03. The minimum absolute atomic E-state index is 0. The summed E-state index contributed by atoms with van der Waals surface area (Å²) in [7, 11) is -1.41. The lowest BCUT2D eigenvalue weighted by molar-refractivity contribution is 0.199. The molecule has 0 aromatic carbocycles. The third kappa shape index (κ3) is 10.2. The van der Waals surface area contributed by atoms with Crippen LogP contribution in [-0.2, 0) is 14.8 Å². The molecule has 7 heteroatoms. The maximum atomic E-state index is 10.9. The van der Waals surface area contributed by atoms with Crippen molar-refractivity contribution in [1.29, 1.82) is 0 Å². The van der Waals surface area contributed by atoms with Crippen LogP contribution in [0.3, 0.4) is 0 Å². The summed E-state index contributed by atoms with van der Waals surface area (Å²) in [6, 6.07) is 0. The highest BCUT2D eigenvalue weighted by molar-refractivity contribution is 7.89. The van der Waals surface area contributed by atoms with Gasteiger partial charge in [0.2, 0.25) is 10.0 Å². The van der Waals surface area contributed by atoms with E-state index in [2.05, 4.69) is 10.0 Å². The van der Waals surface area contributed by atoms with Gasteiger partial charge >= 0.3 is 0 Å². The van der Waals surface area contributed by atoms with Crippen LogP contribution in [0.4, 0.5) is 0 Å². The summed E-state index contributed by atoms with van der Waals surface area (Å²) in [6.07, 6.45) is 0. The Balaban J connectivity index is 0. The largest absolute Gasteiger partial charge is 0.383 e. The highest BCUT2D eigenvalue weighted by atomic mass is 35.5. The Bertz CT molecular complexity index is 209. The smallest absolute Gasteiger partial charge is 0.211 e. The first kappa shape index (κ1) is 16.5. The molecule has 0 amide bonds. The maximum Gasteiger partial charge on any atom is 0.211 e. The first-order chi connectivity index (χ1) is 6.12. The number of rotatable bonds is 8. The van der Waals surface area contributed by atoms with E-state index in [1.807, 2.05) is 0 Å². The van der Waals surface area contributed by atoms with Crippen LogP contribution in [0.2, 0.25) is 0 Å². The van der Waals surface area contributed by atoms with Gasteiger partial charge in [-0.2, -0.15) is 0 Å². The van der Waals surface area contributed by atoms with E-state index in [0.717, 1.165) is 6.54 Å². The lowest BCUT2D eigenvalue weighted by Gasteiger charge is -2.05. The molecule has 2 N–H and O–H groups in total. The van der Waals surface area contributed by atoms with E-state index >= 15 is 0 Å². The molecular formula is C7H19ClN2O3S. The van der Waals surface area contributed by atoms with Crippen LogP contribution in [0.5, 0.6) is 0 Å². The second-order valence-electron chi connectivity index (χ2n) is 2.54. The summed E-state index contributed by atoms with van der Waals surface area (Å²) in [5.41, 5.74) is 0. The van der Waals surface area contributed by atoms with Crippen LogP contribution in [0.25, 0.3) is 0 Å². The Labute approximate surface area is 92.1 Å². The van der Waals surface area contributed by atoms with Crippen LogP contribution in [0, 0.1) is 0 Å². The van der Waals surface area contributed by atoms with Gasteiger partial charge in [0.25, 0.3) is 0 Å². The van der Waals surface area contributed by atoms with Gasteiger partial charge in [0.1, 0.15) is 0 Å². The van der Waals surface area contributed by atoms with Crippen molar-refractivity contribution >= 4 is 22.4 Å². The molecule has 0 aliphatic carbocycles. The van der Waals surface area contributed by atoms with Gasteiger partial charge in [-0.15, -0.1) is 12.4 Å². The third-order valence-electron chi connectivity index (χ3n) is 1.49. The number of sulfonamides is 1. The standard InChI is InChI=1S/C7H18N2O3S.ClH/c1-3-13(10,11)9-5-4-8-6-7-12-2;/h8-9H,3-7H2,1-2H3;1H. The lowest BCUT2D eigenvalue weighted by Crippen LogP contribution is -2.33. The van der Waals surface area contributed by atoms with E-state index < -0.39 is 10.0 Å². The van der Waals surface area contributed by atoms with E-state index in [1.165, 1.54) is 0 Å². The van der Waals surface area contributed by atoms with E-state index in [1.54, 1.807) is 14.0 Å². The molecule has 0 aromatic heterocycles. The predicted molar refractivity (Wildman–Crippen MR) is 59.5 cm³/mol. The second kappa shape index (κ2) is 9.67. The van der Waals surface area contributed by atoms with Gasteiger partial charge in [-0.1, -0.05) is 0 Å². The SMILES string of the molecule is CCS(=O)(=O)NCCNCCOC.Cl. The highest BCUT2D eigenvalue weighted by Gasteiger charge is 2.03. The Kier molecular flexibility index (Phi) is 11.4. The molecule has 0 radical (unpaired) electrons. The number of halogens is 1. The van der Waals surface area contributed by atoms with Crippen molar-refractivity contribution in [2.24, 2.45) is 0 Å². The summed E-state index contributed by atoms with van der Waals surface area (Å²) >= 11 is 0. The molecule has 0 aliphatic rings. The molecule has 0 spiro atoms. The number of hydrogen-bond acceptors (Lipinski definition) is 4. The van der Waals surface area contributed by atoms with Gasteiger partial charge in [0.05, 0.1) is 12.4 Å². The molecule has 14 heavy (non-hydrogen) atoms. The van der Waals surface area contributed by atoms with Crippen molar-refractivity contribution in [1.82, 2.24) is 10.0 Å². The Morgan fingerprint density at radius 3 is 2.36 bits per heavy atom. The van der Waals surface area contributed by atoms with Gasteiger partial charge in [0.15, 0.2) is 0 Å². The highest BCUT2D eigenvalue weighted by Crippen LogP contribution is 1.79. The van der Waals surface area contributed by atoms with E-state index in [-0.39, 0.29) is 18.2 Å². The van der Waals surface area contributed by atoms with Gasteiger partial charge in [-0.05, 0) is 6.92 Å². The van der Waals surface area contributed by atoms with E-state index in [4.69, 9.17) is 4.74 Å². The Morgan fingerprint density at radius 2 is 1.86 bits per heavy atom. The zero-order valence-electron chi connectivity index (χ0n) is 8.58.